The van der Waals surface area contributed by atoms with E-state index in [4.69, 9.17) is 0 Å². The molecule has 0 saturated carbocycles. The number of benzene rings is 1. The normalized spacial score (nSPS) is 13.1. The summed E-state index contributed by atoms with van der Waals surface area (Å²) in [6.07, 6.45) is 4.85. The molecular formula is C19H32S. The van der Waals surface area contributed by atoms with Crippen molar-refractivity contribution in [2.45, 2.75) is 79.4 Å². The van der Waals surface area contributed by atoms with E-state index in [0.29, 0.717) is 5.25 Å². The molecule has 1 heteroatoms. The molecule has 0 amide bonds. The largest absolute Gasteiger partial charge is 0.176 e. The molecule has 0 aromatic heterocycles. The SMILES string of the molecule is Cc1c(C)c(C)c(CCC(C)S)c(CCC(C)C)c1C. The topological polar surface area (TPSA) is 0 Å². The van der Waals surface area contributed by atoms with Crippen LogP contribution in [0.5, 0.6) is 0 Å². The third-order valence-electron chi connectivity index (χ3n) is 4.74. The summed E-state index contributed by atoms with van der Waals surface area (Å²) in [7, 11) is 0. The number of thiol groups is 1. The van der Waals surface area contributed by atoms with Crippen LogP contribution in [0.1, 0.15) is 67.0 Å². The van der Waals surface area contributed by atoms with Gasteiger partial charge in [-0.25, -0.2) is 0 Å². The van der Waals surface area contributed by atoms with Gasteiger partial charge in [0.05, 0.1) is 0 Å². The van der Waals surface area contributed by atoms with E-state index >= 15 is 0 Å². The third kappa shape index (κ3) is 4.28. The Morgan fingerprint density at radius 1 is 0.700 bits per heavy atom. The molecule has 1 rings (SSSR count). The summed E-state index contributed by atoms with van der Waals surface area (Å²) in [5.41, 5.74) is 9.23. The van der Waals surface area contributed by atoms with E-state index in [-0.39, 0.29) is 0 Å². The van der Waals surface area contributed by atoms with Crippen LogP contribution in [0.25, 0.3) is 0 Å². The van der Waals surface area contributed by atoms with Crippen molar-refractivity contribution >= 4 is 12.6 Å². The molecule has 0 radical (unpaired) electrons. The standard InChI is InChI=1S/C19H32S/c1-12(2)8-10-18-16(6)14(4)15(5)17(7)19(18)11-9-13(3)20/h12-13,20H,8-11H2,1-7H3. The fraction of sp³-hybridized carbons (Fsp3) is 0.684. The van der Waals surface area contributed by atoms with Gasteiger partial charge in [0, 0.05) is 0 Å². The lowest BCUT2D eigenvalue weighted by molar-refractivity contribution is 0.582. The fourth-order valence-electron chi connectivity index (χ4n) is 2.93. The maximum absolute atomic E-state index is 4.55. The van der Waals surface area contributed by atoms with Crippen LogP contribution in [0.15, 0.2) is 0 Å². The lowest BCUT2D eigenvalue weighted by Crippen LogP contribution is -2.09. The number of hydrogen-bond acceptors (Lipinski definition) is 1. The summed E-state index contributed by atoms with van der Waals surface area (Å²) in [6.45, 7) is 16.0. The molecule has 0 aliphatic rings. The van der Waals surface area contributed by atoms with Crippen molar-refractivity contribution in [1.82, 2.24) is 0 Å². The van der Waals surface area contributed by atoms with Crippen LogP contribution in [0.4, 0.5) is 0 Å². The predicted octanol–water partition coefficient (Wildman–Crippen LogP) is 5.76. The Hall–Kier alpha value is -0.430. The van der Waals surface area contributed by atoms with E-state index in [1.54, 1.807) is 11.1 Å². The second-order valence-corrected chi connectivity index (χ2v) is 7.66. The summed E-state index contributed by atoms with van der Waals surface area (Å²) in [5, 5.41) is 0.481. The molecule has 0 saturated heterocycles. The van der Waals surface area contributed by atoms with Crippen LogP contribution in [-0.2, 0) is 12.8 Å². The van der Waals surface area contributed by atoms with E-state index in [9.17, 15) is 0 Å². The summed E-state index contributed by atoms with van der Waals surface area (Å²) in [6, 6.07) is 0. The first-order valence-corrected chi connectivity index (χ1v) is 8.53. The summed E-state index contributed by atoms with van der Waals surface area (Å²) >= 11 is 4.55. The third-order valence-corrected chi connectivity index (χ3v) is 5.00. The maximum atomic E-state index is 4.55. The molecule has 0 heterocycles. The van der Waals surface area contributed by atoms with E-state index < -0.39 is 0 Å². The van der Waals surface area contributed by atoms with Gasteiger partial charge in [-0.05, 0) is 97.9 Å². The second-order valence-electron chi connectivity index (χ2n) is 6.78. The molecule has 0 aliphatic carbocycles. The molecule has 1 unspecified atom stereocenters. The molecule has 0 N–H and O–H groups in total. The zero-order chi connectivity index (χ0) is 15.4. The van der Waals surface area contributed by atoms with Crippen LogP contribution in [0.2, 0.25) is 0 Å². The Balaban J connectivity index is 3.21. The van der Waals surface area contributed by atoms with Crippen molar-refractivity contribution in [3.05, 3.63) is 33.4 Å². The molecule has 0 fully saturated rings. The summed E-state index contributed by atoms with van der Waals surface area (Å²) < 4.78 is 0. The van der Waals surface area contributed by atoms with Crippen LogP contribution >= 0.6 is 12.6 Å². The molecule has 20 heavy (non-hydrogen) atoms. The molecule has 1 atom stereocenters. The average Bonchev–Trinajstić information content (AvgIpc) is 2.37. The molecule has 1 aromatic carbocycles. The highest BCUT2D eigenvalue weighted by atomic mass is 32.1. The van der Waals surface area contributed by atoms with Gasteiger partial charge in [0.25, 0.3) is 0 Å². The van der Waals surface area contributed by atoms with Crippen LogP contribution in [0, 0.1) is 33.6 Å². The Kier molecular flexibility index (Phi) is 6.64. The predicted molar refractivity (Wildman–Crippen MR) is 95.3 cm³/mol. The van der Waals surface area contributed by atoms with Crippen LogP contribution in [0.3, 0.4) is 0 Å². The van der Waals surface area contributed by atoms with Gasteiger partial charge in [0.1, 0.15) is 0 Å². The van der Waals surface area contributed by atoms with Crippen LogP contribution in [-0.4, -0.2) is 5.25 Å². The highest BCUT2D eigenvalue weighted by molar-refractivity contribution is 7.80. The minimum Gasteiger partial charge on any atom is -0.176 e. The van der Waals surface area contributed by atoms with E-state index in [1.165, 1.54) is 47.9 Å². The quantitative estimate of drug-likeness (QED) is 0.633. The Morgan fingerprint density at radius 2 is 1.10 bits per heavy atom. The summed E-state index contributed by atoms with van der Waals surface area (Å²) in [5.74, 6) is 0.771. The van der Waals surface area contributed by atoms with E-state index in [2.05, 4.69) is 61.1 Å². The van der Waals surface area contributed by atoms with Crippen molar-refractivity contribution < 1.29 is 0 Å². The second kappa shape index (κ2) is 7.54. The molecule has 0 spiro atoms. The van der Waals surface area contributed by atoms with Gasteiger partial charge in [-0.15, -0.1) is 0 Å². The first kappa shape index (κ1) is 17.6. The zero-order valence-electron chi connectivity index (χ0n) is 14.4. The molecular weight excluding hydrogens is 260 g/mol. The van der Waals surface area contributed by atoms with Crippen molar-refractivity contribution in [3.63, 3.8) is 0 Å². The van der Waals surface area contributed by atoms with E-state index in [0.717, 1.165) is 5.92 Å². The molecule has 0 aliphatic heterocycles. The fourth-order valence-corrected chi connectivity index (χ4v) is 3.06. The minimum absolute atomic E-state index is 0.481. The molecule has 1 aromatic rings. The van der Waals surface area contributed by atoms with Crippen LogP contribution < -0.4 is 0 Å². The van der Waals surface area contributed by atoms with Gasteiger partial charge in [-0.1, -0.05) is 20.8 Å². The minimum atomic E-state index is 0.481. The lowest BCUT2D eigenvalue weighted by Gasteiger charge is -2.22. The number of rotatable bonds is 6. The van der Waals surface area contributed by atoms with Crippen molar-refractivity contribution in [2.24, 2.45) is 5.92 Å². The van der Waals surface area contributed by atoms with E-state index in [1.807, 2.05) is 0 Å². The van der Waals surface area contributed by atoms with Gasteiger partial charge >= 0.3 is 0 Å². The van der Waals surface area contributed by atoms with Gasteiger partial charge in [0.2, 0.25) is 0 Å². The first-order valence-electron chi connectivity index (χ1n) is 8.01. The molecule has 0 bridgehead atoms. The van der Waals surface area contributed by atoms with Gasteiger partial charge in [-0.3, -0.25) is 0 Å². The van der Waals surface area contributed by atoms with Crippen molar-refractivity contribution in [1.29, 1.82) is 0 Å². The summed E-state index contributed by atoms with van der Waals surface area (Å²) in [4.78, 5) is 0. The highest BCUT2D eigenvalue weighted by Gasteiger charge is 2.15. The highest BCUT2D eigenvalue weighted by Crippen LogP contribution is 2.30. The Labute approximate surface area is 131 Å². The van der Waals surface area contributed by atoms with Gasteiger partial charge in [0.15, 0.2) is 0 Å². The van der Waals surface area contributed by atoms with Crippen molar-refractivity contribution in [2.75, 3.05) is 0 Å². The Morgan fingerprint density at radius 3 is 1.45 bits per heavy atom. The Bertz CT molecular complexity index is 413. The van der Waals surface area contributed by atoms with Gasteiger partial charge < -0.3 is 0 Å². The average molecular weight is 293 g/mol. The lowest BCUT2D eigenvalue weighted by atomic mass is 9.84. The monoisotopic (exact) mass is 292 g/mol. The first-order chi connectivity index (χ1) is 9.25. The maximum Gasteiger partial charge on any atom is -0.000842 e. The molecule has 114 valence electrons. The molecule has 0 nitrogen and oxygen atoms in total. The smallest absolute Gasteiger partial charge is 0.000842 e. The zero-order valence-corrected chi connectivity index (χ0v) is 15.3. The van der Waals surface area contributed by atoms with Gasteiger partial charge in [-0.2, -0.15) is 12.6 Å². The number of hydrogen-bond donors (Lipinski definition) is 1. The van der Waals surface area contributed by atoms with Crippen molar-refractivity contribution in [3.8, 4) is 0 Å².